The van der Waals surface area contributed by atoms with Crippen molar-refractivity contribution in [3.05, 3.63) is 60.1 Å². The second-order valence-corrected chi connectivity index (χ2v) is 5.83. The summed E-state index contributed by atoms with van der Waals surface area (Å²) in [7, 11) is 0. The Morgan fingerprint density at radius 3 is 2.91 bits per heavy atom. The fraction of sp³-hybridized carbons (Fsp3) is 0.316. The molecule has 3 rings (SSSR count). The number of hydrogen-bond acceptors (Lipinski definition) is 4. The molecule has 0 bridgehead atoms. The van der Waals surface area contributed by atoms with Crippen molar-refractivity contribution >= 4 is 17.7 Å². The maximum absolute atomic E-state index is 11.7. The van der Waals surface area contributed by atoms with Crippen LogP contribution < -0.4 is 4.90 Å². The van der Waals surface area contributed by atoms with E-state index in [9.17, 15) is 4.79 Å². The molecule has 1 atom stereocenters. The maximum atomic E-state index is 11.7. The van der Waals surface area contributed by atoms with E-state index in [-0.39, 0.29) is 11.8 Å². The molecular formula is C19H21N3O. The first-order valence-corrected chi connectivity index (χ1v) is 8.04. The topological polar surface area (TPSA) is 46.1 Å². The SMILES string of the molecule is CC(=O)C1CCCN1c1ccnc(C=CCc2ccccc2)n1. The minimum atomic E-state index is -0.0361. The van der Waals surface area contributed by atoms with E-state index in [0.29, 0.717) is 5.82 Å². The second kappa shape index (κ2) is 7.18. The predicted octanol–water partition coefficient (Wildman–Crippen LogP) is 3.29. The summed E-state index contributed by atoms with van der Waals surface area (Å²) in [5, 5.41) is 0. The largest absolute Gasteiger partial charge is 0.346 e. The van der Waals surface area contributed by atoms with Crippen LogP contribution in [0.4, 0.5) is 5.82 Å². The van der Waals surface area contributed by atoms with Crippen molar-refractivity contribution < 1.29 is 4.79 Å². The molecule has 1 fully saturated rings. The number of benzene rings is 1. The molecule has 118 valence electrons. The highest BCUT2D eigenvalue weighted by Gasteiger charge is 2.29. The highest BCUT2D eigenvalue weighted by atomic mass is 16.1. The number of carbonyl (C=O) groups excluding carboxylic acids is 1. The molecule has 1 aliphatic rings. The van der Waals surface area contributed by atoms with Gasteiger partial charge in [-0.15, -0.1) is 0 Å². The average molecular weight is 307 g/mol. The fourth-order valence-electron chi connectivity index (χ4n) is 2.98. The Hall–Kier alpha value is -2.49. The van der Waals surface area contributed by atoms with Crippen molar-refractivity contribution in [2.24, 2.45) is 0 Å². The normalized spacial score (nSPS) is 17.8. The summed E-state index contributed by atoms with van der Waals surface area (Å²) in [4.78, 5) is 22.7. The molecule has 4 nitrogen and oxygen atoms in total. The van der Waals surface area contributed by atoms with E-state index in [0.717, 1.165) is 31.6 Å². The van der Waals surface area contributed by atoms with Gasteiger partial charge in [-0.1, -0.05) is 36.4 Å². The molecule has 0 amide bonds. The fourth-order valence-corrected chi connectivity index (χ4v) is 2.98. The predicted molar refractivity (Wildman–Crippen MR) is 92.3 cm³/mol. The number of Topliss-reactive ketones (excluding diaryl/α,β-unsaturated/α-hetero) is 1. The first kappa shape index (κ1) is 15.4. The molecule has 23 heavy (non-hydrogen) atoms. The zero-order chi connectivity index (χ0) is 16.1. The van der Waals surface area contributed by atoms with E-state index in [1.165, 1.54) is 5.56 Å². The van der Waals surface area contributed by atoms with Crippen LogP contribution in [0.1, 0.15) is 31.2 Å². The Morgan fingerprint density at radius 1 is 1.30 bits per heavy atom. The zero-order valence-corrected chi connectivity index (χ0v) is 13.4. The molecule has 1 aromatic heterocycles. The number of rotatable bonds is 5. The third kappa shape index (κ3) is 3.83. The van der Waals surface area contributed by atoms with Crippen LogP contribution in [0.2, 0.25) is 0 Å². The zero-order valence-electron chi connectivity index (χ0n) is 13.4. The molecule has 0 saturated carbocycles. The van der Waals surface area contributed by atoms with Gasteiger partial charge in [0.05, 0.1) is 6.04 Å². The Kier molecular flexibility index (Phi) is 4.81. The molecular weight excluding hydrogens is 286 g/mol. The molecule has 2 heterocycles. The van der Waals surface area contributed by atoms with Crippen LogP contribution in [-0.4, -0.2) is 28.3 Å². The van der Waals surface area contributed by atoms with E-state index < -0.39 is 0 Å². The van der Waals surface area contributed by atoms with Gasteiger partial charge in [0.2, 0.25) is 0 Å². The van der Waals surface area contributed by atoms with Gasteiger partial charge in [0.1, 0.15) is 5.82 Å². The van der Waals surface area contributed by atoms with E-state index in [1.807, 2.05) is 30.3 Å². The average Bonchev–Trinajstić information content (AvgIpc) is 3.06. The molecule has 0 aliphatic carbocycles. The summed E-state index contributed by atoms with van der Waals surface area (Å²) < 4.78 is 0. The van der Waals surface area contributed by atoms with Crippen LogP contribution in [-0.2, 0) is 11.2 Å². The lowest BCUT2D eigenvalue weighted by Crippen LogP contribution is -2.35. The minimum Gasteiger partial charge on any atom is -0.346 e. The van der Waals surface area contributed by atoms with Crippen molar-refractivity contribution in [1.29, 1.82) is 0 Å². The van der Waals surface area contributed by atoms with E-state index in [4.69, 9.17) is 0 Å². The van der Waals surface area contributed by atoms with Gasteiger partial charge in [-0.05, 0) is 43.9 Å². The molecule has 1 saturated heterocycles. The number of anilines is 1. The van der Waals surface area contributed by atoms with Gasteiger partial charge in [-0.25, -0.2) is 9.97 Å². The van der Waals surface area contributed by atoms with Crippen LogP contribution in [0.5, 0.6) is 0 Å². The van der Waals surface area contributed by atoms with Crippen molar-refractivity contribution in [2.45, 2.75) is 32.2 Å². The van der Waals surface area contributed by atoms with Crippen LogP contribution >= 0.6 is 0 Å². The summed E-state index contributed by atoms with van der Waals surface area (Å²) in [6, 6.07) is 12.1. The number of hydrogen-bond donors (Lipinski definition) is 0. The minimum absolute atomic E-state index is 0.0361. The van der Waals surface area contributed by atoms with Crippen molar-refractivity contribution in [2.75, 3.05) is 11.4 Å². The summed E-state index contributed by atoms with van der Waals surface area (Å²) in [6.45, 7) is 2.54. The summed E-state index contributed by atoms with van der Waals surface area (Å²) in [6.07, 6.45) is 8.58. The van der Waals surface area contributed by atoms with Gasteiger partial charge >= 0.3 is 0 Å². The Balaban J connectivity index is 1.71. The lowest BCUT2D eigenvalue weighted by Gasteiger charge is -2.23. The number of carbonyl (C=O) groups is 1. The first-order chi connectivity index (χ1) is 11.2. The molecule has 0 radical (unpaired) electrons. The van der Waals surface area contributed by atoms with Gasteiger partial charge in [-0.2, -0.15) is 0 Å². The number of allylic oxidation sites excluding steroid dienone is 1. The molecule has 1 aliphatic heterocycles. The third-order valence-electron chi connectivity index (χ3n) is 4.14. The number of ketones is 1. The monoisotopic (exact) mass is 307 g/mol. The third-order valence-corrected chi connectivity index (χ3v) is 4.14. The summed E-state index contributed by atoms with van der Waals surface area (Å²) in [5.74, 6) is 1.74. The Bertz CT molecular complexity index is 697. The highest BCUT2D eigenvalue weighted by molar-refractivity contribution is 5.85. The van der Waals surface area contributed by atoms with Gasteiger partial charge in [-0.3, -0.25) is 4.79 Å². The summed E-state index contributed by atoms with van der Waals surface area (Å²) >= 11 is 0. The number of nitrogens with zero attached hydrogens (tertiary/aromatic N) is 3. The van der Waals surface area contributed by atoms with Crippen molar-refractivity contribution in [3.63, 3.8) is 0 Å². The molecule has 0 spiro atoms. The maximum Gasteiger partial charge on any atom is 0.153 e. The Labute approximate surface area is 136 Å². The van der Waals surface area contributed by atoms with Gasteiger partial charge in [0.15, 0.2) is 11.6 Å². The van der Waals surface area contributed by atoms with Crippen molar-refractivity contribution in [3.8, 4) is 0 Å². The molecule has 1 unspecified atom stereocenters. The smallest absolute Gasteiger partial charge is 0.153 e. The lowest BCUT2D eigenvalue weighted by molar-refractivity contribution is -0.118. The van der Waals surface area contributed by atoms with E-state index >= 15 is 0 Å². The van der Waals surface area contributed by atoms with E-state index in [2.05, 4.69) is 33.1 Å². The van der Waals surface area contributed by atoms with Crippen LogP contribution in [0.15, 0.2) is 48.7 Å². The second-order valence-electron chi connectivity index (χ2n) is 5.83. The van der Waals surface area contributed by atoms with Crippen molar-refractivity contribution in [1.82, 2.24) is 9.97 Å². The number of aromatic nitrogens is 2. The molecule has 4 heteroatoms. The standard InChI is InChI=1S/C19H21N3O/c1-15(23)17-10-6-14-22(17)19-12-13-20-18(21-19)11-5-9-16-7-3-2-4-8-16/h2-5,7-8,11-13,17H,6,9-10,14H2,1H3. The molecule has 2 aromatic rings. The molecule has 0 N–H and O–H groups in total. The quantitative estimate of drug-likeness (QED) is 0.850. The van der Waals surface area contributed by atoms with E-state index in [1.54, 1.807) is 13.1 Å². The Morgan fingerprint density at radius 2 is 2.13 bits per heavy atom. The first-order valence-electron chi connectivity index (χ1n) is 8.04. The van der Waals surface area contributed by atoms with Crippen LogP contribution in [0.3, 0.4) is 0 Å². The lowest BCUT2D eigenvalue weighted by atomic mass is 10.1. The summed E-state index contributed by atoms with van der Waals surface area (Å²) in [5.41, 5.74) is 1.26. The van der Waals surface area contributed by atoms with Gasteiger partial charge < -0.3 is 4.90 Å². The van der Waals surface area contributed by atoms with Gasteiger partial charge in [0.25, 0.3) is 0 Å². The van der Waals surface area contributed by atoms with Crippen LogP contribution in [0.25, 0.3) is 6.08 Å². The molecule has 1 aromatic carbocycles. The van der Waals surface area contributed by atoms with Gasteiger partial charge in [0, 0.05) is 12.7 Å². The van der Waals surface area contributed by atoms with Crippen LogP contribution in [0, 0.1) is 0 Å². The highest BCUT2D eigenvalue weighted by Crippen LogP contribution is 2.24.